The van der Waals surface area contributed by atoms with Crippen LogP contribution in [-0.4, -0.2) is 70.3 Å². The van der Waals surface area contributed by atoms with Crippen LogP contribution in [0.3, 0.4) is 0 Å². The molecule has 5 atom stereocenters. The number of hydrogen-bond acceptors (Lipinski definition) is 6. The number of rotatable bonds is 17. The zero-order chi connectivity index (χ0) is 37.1. The number of aliphatic hydroxyl groups is 2. The van der Waals surface area contributed by atoms with Gasteiger partial charge >= 0.3 is 11.8 Å². The summed E-state index contributed by atoms with van der Waals surface area (Å²) in [5.41, 5.74) is 8.01. The van der Waals surface area contributed by atoms with Crippen molar-refractivity contribution >= 4 is 39.3 Å². The molecular weight excluding hydrogens is 638 g/mol. The molecule has 4 aromatic rings. The first-order valence-corrected chi connectivity index (χ1v) is 18.1. The zero-order valence-electron chi connectivity index (χ0n) is 30.4. The molecule has 270 valence electrons. The van der Waals surface area contributed by atoms with E-state index in [1.807, 2.05) is 113 Å². The number of fused-ring (bicyclic) bond motifs is 2. The van der Waals surface area contributed by atoms with E-state index in [0.29, 0.717) is 12.8 Å². The van der Waals surface area contributed by atoms with E-state index in [1.165, 1.54) is 0 Å². The zero-order valence-corrected chi connectivity index (χ0v) is 30.4. The molecular formula is C43H54N3O5+. The maximum absolute atomic E-state index is 15.6. The molecule has 0 aliphatic heterocycles. The van der Waals surface area contributed by atoms with E-state index >= 15 is 4.79 Å². The molecule has 0 aliphatic rings. The number of carbonyl (C=O) groups is 3. The summed E-state index contributed by atoms with van der Waals surface area (Å²) in [5, 5.41) is 28.8. The third-order valence-electron chi connectivity index (χ3n) is 10.4. The molecule has 3 amide bonds. The summed E-state index contributed by atoms with van der Waals surface area (Å²) in [4.78, 5) is 43.3. The van der Waals surface area contributed by atoms with Gasteiger partial charge in [-0.1, -0.05) is 119 Å². The first-order chi connectivity index (χ1) is 24.5. The Kier molecular flexibility index (Phi) is 14.1. The SMILES string of the molecule is C#CC[N+](C(=O)CN)(C(=O)C(Cc1cccc2ccccc12)Cc1cccc2ccccc12)[C@@H](CC(C)C)[C@@H](O)CC(=O)N[C@H](CO)[C@@H](C)CC. The number of terminal acetylenes is 1. The summed E-state index contributed by atoms with van der Waals surface area (Å²) in [5.74, 6) is 0.282. The lowest BCUT2D eigenvalue weighted by Gasteiger charge is -2.43. The van der Waals surface area contributed by atoms with Crippen LogP contribution in [0.15, 0.2) is 84.9 Å². The Morgan fingerprint density at radius 3 is 1.86 bits per heavy atom. The molecule has 1 unspecified atom stereocenters. The number of nitrogens with two attached hydrogens (primary N) is 1. The molecule has 4 aromatic carbocycles. The molecule has 0 radical (unpaired) electrons. The van der Waals surface area contributed by atoms with Crippen LogP contribution in [-0.2, 0) is 27.2 Å². The van der Waals surface area contributed by atoms with E-state index in [9.17, 15) is 19.8 Å². The van der Waals surface area contributed by atoms with Crippen molar-refractivity contribution in [3.05, 3.63) is 96.1 Å². The summed E-state index contributed by atoms with van der Waals surface area (Å²) in [6.45, 7) is 6.73. The second kappa shape index (κ2) is 18.2. The average molecular weight is 693 g/mol. The van der Waals surface area contributed by atoms with Crippen molar-refractivity contribution in [2.24, 2.45) is 23.5 Å². The van der Waals surface area contributed by atoms with Gasteiger partial charge in [-0.25, -0.2) is 9.59 Å². The van der Waals surface area contributed by atoms with Crippen molar-refractivity contribution in [1.29, 1.82) is 0 Å². The fourth-order valence-corrected chi connectivity index (χ4v) is 7.46. The number of nitrogens with zero attached hydrogens (tertiary/aromatic N) is 1. The van der Waals surface area contributed by atoms with E-state index in [2.05, 4.69) is 11.2 Å². The van der Waals surface area contributed by atoms with E-state index in [-0.39, 0.29) is 37.8 Å². The van der Waals surface area contributed by atoms with Gasteiger partial charge in [0.2, 0.25) is 5.91 Å². The summed E-state index contributed by atoms with van der Waals surface area (Å²) < 4.78 is -0.866. The summed E-state index contributed by atoms with van der Waals surface area (Å²) in [6.07, 6.45) is 5.80. The van der Waals surface area contributed by atoms with E-state index in [0.717, 1.165) is 39.1 Å². The second-order valence-corrected chi connectivity index (χ2v) is 14.3. The number of amides is 3. The Morgan fingerprint density at radius 2 is 1.39 bits per heavy atom. The number of carbonyl (C=O) groups excluding carboxylic acids is 3. The smallest absolute Gasteiger partial charge is 0.335 e. The highest BCUT2D eigenvalue weighted by molar-refractivity contribution is 5.91. The fraction of sp³-hybridized carbons (Fsp3) is 0.419. The van der Waals surface area contributed by atoms with Crippen molar-refractivity contribution in [2.45, 2.75) is 78.0 Å². The van der Waals surface area contributed by atoms with Crippen molar-refractivity contribution in [3.63, 3.8) is 0 Å². The van der Waals surface area contributed by atoms with Crippen LogP contribution >= 0.6 is 0 Å². The highest BCUT2D eigenvalue weighted by atomic mass is 16.3. The highest BCUT2D eigenvalue weighted by Gasteiger charge is 2.55. The number of benzene rings is 4. The normalized spacial score (nSPS) is 15.2. The highest BCUT2D eigenvalue weighted by Crippen LogP contribution is 2.33. The van der Waals surface area contributed by atoms with Crippen LogP contribution in [0.2, 0.25) is 0 Å². The summed E-state index contributed by atoms with van der Waals surface area (Å²) in [7, 11) is 0. The largest absolute Gasteiger partial charge is 0.394 e. The lowest BCUT2D eigenvalue weighted by atomic mass is 9.84. The molecule has 5 N–H and O–H groups in total. The number of hydrogen-bond donors (Lipinski definition) is 4. The molecule has 0 aliphatic carbocycles. The van der Waals surface area contributed by atoms with Crippen molar-refractivity contribution in [1.82, 2.24) is 5.32 Å². The van der Waals surface area contributed by atoms with Gasteiger partial charge in [-0.2, -0.15) is 4.48 Å². The maximum atomic E-state index is 15.6. The Hall–Kier alpha value is -4.39. The minimum Gasteiger partial charge on any atom is -0.394 e. The molecule has 0 fully saturated rings. The Bertz CT molecular complexity index is 1760. The monoisotopic (exact) mass is 692 g/mol. The molecule has 0 bridgehead atoms. The Labute approximate surface area is 302 Å². The molecule has 4 rings (SSSR count). The predicted molar refractivity (Wildman–Crippen MR) is 204 cm³/mol. The maximum Gasteiger partial charge on any atom is 0.335 e. The third-order valence-corrected chi connectivity index (χ3v) is 10.4. The van der Waals surface area contributed by atoms with Crippen molar-refractivity contribution < 1.29 is 29.1 Å². The van der Waals surface area contributed by atoms with E-state index in [4.69, 9.17) is 12.2 Å². The molecule has 51 heavy (non-hydrogen) atoms. The molecule has 0 spiro atoms. The molecule has 0 saturated carbocycles. The number of quaternary nitrogens is 1. The Balaban J connectivity index is 1.87. The first kappa shape index (κ1) is 39.4. The van der Waals surface area contributed by atoms with Gasteiger partial charge in [0.15, 0.2) is 6.54 Å². The van der Waals surface area contributed by atoms with Crippen LogP contribution in [0.1, 0.15) is 58.1 Å². The fourth-order valence-electron chi connectivity index (χ4n) is 7.46. The van der Waals surface area contributed by atoms with Crippen LogP contribution in [0, 0.1) is 30.1 Å². The average Bonchev–Trinajstić information content (AvgIpc) is 3.14. The van der Waals surface area contributed by atoms with Crippen LogP contribution in [0.5, 0.6) is 0 Å². The molecule has 0 saturated heterocycles. The van der Waals surface area contributed by atoms with Gasteiger partial charge in [-0.05, 0) is 63.3 Å². The second-order valence-electron chi connectivity index (χ2n) is 14.3. The lowest BCUT2D eigenvalue weighted by molar-refractivity contribution is -0.806. The minimum absolute atomic E-state index is 0.00292. The molecule has 8 nitrogen and oxygen atoms in total. The number of nitrogens with one attached hydrogen (secondary N) is 1. The van der Waals surface area contributed by atoms with Crippen molar-refractivity contribution in [3.8, 4) is 12.3 Å². The summed E-state index contributed by atoms with van der Waals surface area (Å²) >= 11 is 0. The molecule has 0 aromatic heterocycles. The first-order valence-electron chi connectivity index (χ1n) is 18.1. The topological polar surface area (TPSA) is 130 Å². The minimum atomic E-state index is -1.41. The van der Waals surface area contributed by atoms with E-state index in [1.54, 1.807) is 0 Å². The Morgan fingerprint density at radius 1 is 0.863 bits per heavy atom. The van der Waals surface area contributed by atoms with Gasteiger partial charge in [0, 0.05) is 6.42 Å². The standard InChI is InChI=1S/C43H53N3O5/c1-6-22-46(42(50)27-44,39(23-29(3)4)40(48)26-41(49)45-38(28-47)30(5)7-2)43(51)35(24-33-18-12-16-31-14-8-10-20-36(31)33)25-34-19-13-17-32-15-9-11-21-37(32)34/h1,8-21,29-30,35,38-40,47-48H,7,22-28,44H2,2-5H3/p+1/t30-,38+,39-,40-,46?/m0/s1. The van der Waals surface area contributed by atoms with Gasteiger partial charge in [-0.15, -0.1) is 6.42 Å². The summed E-state index contributed by atoms with van der Waals surface area (Å²) in [6, 6.07) is 26.4. The van der Waals surface area contributed by atoms with Crippen LogP contribution in [0.4, 0.5) is 0 Å². The van der Waals surface area contributed by atoms with Crippen LogP contribution in [0.25, 0.3) is 21.5 Å². The van der Waals surface area contributed by atoms with Gasteiger partial charge in [0.05, 0.1) is 25.0 Å². The lowest BCUT2D eigenvalue weighted by Crippen LogP contribution is -2.70. The van der Waals surface area contributed by atoms with E-state index < -0.39 is 52.9 Å². The van der Waals surface area contributed by atoms with Gasteiger partial charge in [-0.3, -0.25) is 4.79 Å². The van der Waals surface area contributed by atoms with Gasteiger partial charge < -0.3 is 21.3 Å². The predicted octanol–water partition coefficient (Wildman–Crippen LogP) is 5.55. The van der Waals surface area contributed by atoms with Crippen molar-refractivity contribution in [2.75, 3.05) is 19.7 Å². The molecule has 0 heterocycles. The number of imide groups is 1. The quantitative estimate of drug-likeness (QED) is 0.0850. The van der Waals surface area contributed by atoms with Crippen LogP contribution < -0.4 is 11.1 Å². The third kappa shape index (κ3) is 9.10. The number of aliphatic hydroxyl groups excluding tert-OH is 2. The van der Waals surface area contributed by atoms with Gasteiger partial charge in [0.25, 0.3) is 0 Å². The van der Waals surface area contributed by atoms with Gasteiger partial charge in [0.1, 0.15) is 18.7 Å². The molecule has 8 heteroatoms.